The number of hydrogen-bond donors (Lipinski definition) is 2. The third-order valence-electron chi connectivity index (χ3n) is 1.90. The van der Waals surface area contributed by atoms with Crippen molar-refractivity contribution >= 4 is 17.0 Å². The van der Waals surface area contributed by atoms with Gasteiger partial charge in [-0.2, -0.15) is 0 Å². The van der Waals surface area contributed by atoms with E-state index in [1.54, 1.807) is 6.20 Å². The molecular weight excluding hydrogens is 172 g/mol. The van der Waals surface area contributed by atoms with Crippen molar-refractivity contribution in [3.8, 4) is 0 Å². The molecule has 0 atom stereocenters. The molecule has 0 saturated heterocycles. The first-order valence-electron chi connectivity index (χ1n) is 4.86. The standard InChI is InChI=1S/C10H10N2.C2H6/c11-6-5-8-7-12-10-4-2-1-3-9(8)10;1-2/h1-7,12H,11H2;1-2H3/b6-5+;. The van der Waals surface area contributed by atoms with Gasteiger partial charge in [0.1, 0.15) is 0 Å². The zero-order valence-electron chi connectivity index (χ0n) is 8.62. The molecule has 1 aromatic carbocycles. The minimum Gasteiger partial charge on any atom is -0.405 e. The quantitative estimate of drug-likeness (QED) is 0.709. The summed E-state index contributed by atoms with van der Waals surface area (Å²) in [6.45, 7) is 4.00. The predicted octanol–water partition coefficient (Wildman–Crippen LogP) is 3.12. The third-order valence-corrected chi connectivity index (χ3v) is 1.90. The van der Waals surface area contributed by atoms with Gasteiger partial charge in [-0.3, -0.25) is 0 Å². The number of nitrogens with two attached hydrogens (primary N) is 1. The molecule has 0 unspecified atom stereocenters. The van der Waals surface area contributed by atoms with Crippen molar-refractivity contribution in [3.05, 3.63) is 42.2 Å². The number of aromatic amines is 1. The van der Waals surface area contributed by atoms with Crippen molar-refractivity contribution in [1.82, 2.24) is 4.98 Å². The average Bonchev–Trinajstić information content (AvgIpc) is 2.66. The van der Waals surface area contributed by atoms with Gasteiger partial charge in [-0.25, -0.2) is 0 Å². The summed E-state index contributed by atoms with van der Waals surface area (Å²) in [4.78, 5) is 3.17. The van der Waals surface area contributed by atoms with Crippen LogP contribution in [0.4, 0.5) is 0 Å². The van der Waals surface area contributed by atoms with Gasteiger partial charge in [0.2, 0.25) is 0 Å². The second-order valence-electron chi connectivity index (χ2n) is 2.65. The molecule has 1 heterocycles. The van der Waals surface area contributed by atoms with E-state index in [2.05, 4.69) is 11.1 Å². The van der Waals surface area contributed by atoms with Gasteiger partial charge in [0.25, 0.3) is 0 Å². The van der Waals surface area contributed by atoms with Gasteiger partial charge < -0.3 is 10.7 Å². The highest BCUT2D eigenvalue weighted by Gasteiger charge is 1.97. The van der Waals surface area contributed by atoms with Crippen LogP contribution in [0, 0.1) is 0 Å². The summed E-state index contributed by atoms with van der Waals surface area (Å²) in [5.41, 5.74) is 7.59. The molecule has 0 aliphatic carbocycles. The monoisotopic (exact) mass is 188 g/mol. The number of para-hydroxylation sites is 1. The molecule has 0 spiro atoms. The first-order valence-corrected chi connectivity index (χ1v) is 4.86. The van der Waals surface area contributed by atoms with Crippen LogP contribution in [0.1, 0.15) is 19.4 Å². The Balaban J connectivity index is 0.000000461. The van der Waals surface area contributed by atoms with Crippen LogP contribution in [0.5, 0.6) is 0 Å². The molecule has 14 heavy (non-hydrogen) atoms. The van der Waals surface area contributed by atoms with Gasteiger partial charge in [-0.1, -0.05) is 32.0 Å². The van der Waals surface area contributed by atoms with E-state index >= 15 is 0 Å². The summed E-state index contributed by atoms with van der Waals surface area (Å²) in [6, 6.07) is 8.14. The fourth-order valence-corrected chi connectivity index (χ4v) is 1.34. The topological polar surface area (TPSA) is 41.8 Å². The van der Waals surface area contributed by atoms with Crippen molar-refractivity contribution < 1.29 is 0 Å². The molecule has 3 N–H and O–H groups in total. The molecule has 0 aliphatic rings. The Morgan fingerprint density at radius 1 is 1.21 bits per heavy atom. The van der Waals surface area contributed by atoms with Gasteiger partial charge in [-0.05, 0) is 18.3 Å². The van der Waals surface area contributed by atoms with Crippen molar-refractivity contribution in [3.63, 3.8) is 0 Å². The van der Waals surface area contributed by atoms with Crippen LogP contribution in [0.3, 0.4) is 0 Å². The summed E-state index contributed by atoms with van der Waals surface area (Å²) >= 11 is 0. The summed E-state index contributed by atoms with van der Waals surface area (Å²) in [7, 11) is 0. The molecule has 0 radical (unpaired) electrons. The van der Waals surface area contributed by atoms with Gasteiger partial charge in [0, 0.05) is 22.7 Å². The lowest BCUT2D eigenvalue weighted by Gasteiger charge is -1.88. The number of aromatic nitrogens is 1. The van der Waals surface area contributed by atoms with Gasteiger partial charge in [0.05, 0.1) is 0 Å². The fraction of sp³-hybridized carbons (Fsp3) is 0.167. The molecule has 0 aliphatic heterocycles. The minimum absolute atomic E-state index is 1.13. The number of H-pyrrole nitrogens is 1. The molecular formula is C12H16N2. The molecule has 74 valence electrons. The minimum atomic E-state index is 1.13. The number of hydrogen-bond acceptors (Lipinski definition) is 1. The average molecular weight is 188 g/mol. The van der Waals surface area contributed by atoms with Crippen LogP contribution in [0.25, 0.3) is 17.0 Å². The maximum absolute atomic E-state index is 5.32. The van der Waals surface area contributed by atoms with E-state index in [-0.39, 0.29) is 0 Å². The molecule has 2 rings (SSSR count). The summed E-state index contributed by atoms with van der Waals surface area (Å²) in [6.07, 6.45) is 5.39. The highest BCUT2D eigenvalue weighted by molar-refractivity contribution is 5.88. The van der Waals surface area contributed by atoms with Crippen LogP contribution in [-0.2, 0) is 0 Å². The van der Waals surface area contributed by atoms with Crippen LogP contribution < -0.4 is 5.73 Å². The van der Waals surface area contributed by atoms with Crippen molar-refractivity contribution in [2.45, 2.75) is 13.8 Å². The van der Waals surface area contributed by atoms with Crippen molar-refractivity contribution in [2.24, 2.45) is 5.73 Å². The Hall–Kier alpha value is -1.70. The Kier molecular flexibility index (Phi) is 3.80. The number of benzene rings is 1. The van der Waals surface area contributed by atoms with Crippen LogP contribution in [0.2, 0.25) is 0 Å². The summed E-state index contributed by atoms with van der Waals surface area (Å²) in [5.74, 6) is 0. The maximum Gasteiger partial charge on any atom is 0.0460 e. The van der Waals surface area contributed by atoms with Gasteiger partial charge in [0.15, 0.2) is 0 Å². The van der Waals surface area contributed by atoms with Crippen molar-refractivity contribution in [2.75, 3.05) is 0 Å². The van der Waals surface area contributed by atoms with E-state index < -0.39 is 0 Å². The van der Waals surface area contributed by atoms with E-state index in [4.69, 9.17) is 5.73 Å². The molecule has 2 aromatic rings. The van der Waals surface area contributed by atoms with Crippen LogP contribution >= 0.6 is 0 Å². The van der Waals surface area contributed by atoms with E-state index in [0.717, 1.165) is 11.1 Å². The second kappa shape index (κ2) is 5.12. The number of nitrogens with one attached hydrogen (secondary N) is 1. The summed E-state index contributed by atoms with van der Waals surface area (Å²) in [5, 5.41) is 1.21. The zero-order chi connectivity index (χ0) is 10.4. The van der Waals surface area contributed by atoms with E-state index in [1.807, 2.05) is 44.3 Å². The lowest BCUT2D eigenvalue weighted by atomic mass is 10.2. The highest BCUT2D eigenvalue weighted by Crippen LogP contribution is 2.18. The molecule has 1 aromatic heterocycles. The molecule has 0 amide bonds. The van der Waals surface area contributed by atoms with Gasteiger partial charge in [-0.15, -0.1) is 0 Å². The Labute approximate surface area is 84.4 Å². The van der Waals surface area contributed by atoms with Crippen LogP contribution in [-0.4, -0.2) is 4.98 Å². The first-order chi connectivity index (χ1) is 6.92. The first kappa shape index (κ1) is 10.4. The lowest BCUT2D eigenvalue weighted by molar-refractivity contribution is 1.47. The number of fused-ring (bicyclic) bond motifs is 1. The maximum atomic E-state index is 5.32. The smallest absolute Gasteiger partial charge is 0.0460 e. The lowest BCUT2D eigenvalue weighted by Crippen LogP contribution is -1.75. The fourth-order valence-electron chi connectivity index (χ4n) is 1.34. The van der Waals surface area contributed by atoms with Crippen LogP contribution in [0.15, 0.2) is 36.7 Å². The normalized spacial score (nSPS) is 10.1. The van der Waals surface area contributed by atoms with Crippen molar-refractivity contribution in [1.29, 1.82) is 0 Å². The molecule has 0 fully saturated rings. The highest BCUT2D eigenvalue weighted by atomic mass is 14.7. The van der Waals surface area contributed by atoms with E-state index in [1.165, 1.54) is 5.39 Å². The third kappa shape index (κ3) is 1.96. The molecule has 0 saturated carbocycles. The van der Waals surface area contributed by atoms with E-state index in [0.29, 0.717) is 0 Å². The number of rotatable bonds is 1. The Morgan fingerprint density at radius 2 is 1.93 bits per heavy atom. The second-order valence-corrected chi connectivity index (χ2v) is 2.65. The molecule has 0 bridgehead atoms. The molecule has 2 nitrogen and oxygen atoms in total. The van der Waals surface area contributed by atoms with Gasteiger partial charge >= 0.3 is 0 Å². The SMILES string of the molecule is CC.N/C=C/c1c[nH]c2ccccc12. The molecule has 2 heteroatoms. The van der Waals surface area contributed by atoms with E-state index in [9.17, 15) is 0 Å². The zero-order valence-corrected chi connectivity index (χ0v) is 8.62. The largest absolute Gasteiger partial charge is 0.405 e. The Morgan fingerprint density at radius 3 is 2.64 bits per heavy atom. The summed E-state index contributed by atoms with van der Waals surface area (Å²) < 4.78 is 0. The predicted molar refractivity (Wildman–Crippen MR) is 62.9 cm³/mol. The Bertz CT molecular complexity index is 413.